The van der Waals surface area contributed by atoms with Crippen LogP contribution in [0, 0.1) is 0 Å². The Morgan fingerprint density at radius 2 is 2.50 bits per heavy atom. The van der Waals surface area contributed by atoms with Gasteiger partial charge in [-0.05, 0) is 0 Å². The van der Waals surface area contributed by atoms with E-state index in [1.54, 1.807) is 0 Å². The molecule has 0 amide bonds. The zero-order chi connectivity index (χ0) is 7.56. The number of hydrogen-bond donors (Lipinski definition) is 0. The van der Waals surface area contributed by atoms with Crippen molar-refractivity contribution in [3.8, 4) is 0 Å². The van der Waals surface area contributed by atoms with Crippen LogP contribution in [0.2, 0.25) is 0 Å². The van der Waals surface area contributed by atoms with Gasteiger partial charge in [-0.25, -0.2) is 4.21 Å². The highest BCUT2D eigenvalue weighted by molar-refractivity contribution is 7.80. The molecule has 0 aromatic rings. The Morgan fingerprint density at radius 1 is 1.80 bits per heavy atom. The van der Waals surface area contributed by atoms with E-state index in [1.807, 2.05) is 0 Å². The van der Waals surface area contributed by atoms with Gasteiger partial charge in [0.05, 0.1) is 5.75 Å². The number of rotatable bonds is 1. The third-order valence-electron chi connectivity index (χ3n) is 1.04. The van der Waals surface area contributed by atoms with Crippen LogP contribution in [0.25, 0.3) is 0 Å². The fourth-order valence-corrected chi connectivity index (χ4v) is 1.57. The highest BCUT2D eigenvalue weighted by atomic mass is 32.2. The minimum atomic E-state index is -1.25. The van der Waals surface area contributed by atoms with E-state index in [-0.39, 0.29) is 18.7 Å². The number of carbonyl (C=O) groups is 1. The second-order valence-corrected chi connectivity index (χ2v) is 3.16. The Bertz CT molecular complexity index is 167. The average Bonchev–Trinajstić information content (AvgIpc) is 2.13. The standard InChI is InChI=1S/C5H8O4S/c1-4(6)9-5-2-8-10(7)3-5/h5H,2-3H2,1H3. The molecule has 4 nitrogen and oxygen atoms in total. The third-order valence-corrected chi connectivity index (χ3v) is 2.08. The summed E-state index contributed by atoms with van der Waals surface area (Å²) in [4.78, 5) is 10.3. The lowest BCUT2D eigenvalue weighted by molar-refractivity contribution is -0.145. The molecule has 0 saturated carbocycles. The van der Waals surface area contributed by atoms with Gasteiger partial charge in [-0.2, -0.15) is 0 Å². The summed E-state index contributed by atoms with van der Waals surface area (Å²) >= 11 is -1.25. The fourth-order valence-electron chi connectivity index (χ4n) is 0.703. The van der Waals surface area contributed by atoms with E-state index in [9.17, 15) is 9.00 Å². The molecule has 0 aromatic carbocycles. The van der Waals surface area contributed by atoms with E-state index in [2.05, 4.69) is 4.18 Å². The van der Waals surface area contributed by atoms with Crippen molar-refractivity contribution in [3.05, 3.63) is 0 Å². The molecule has 58 valence electrons. The highest BCUT2D eigenvalue weighted by Gasteiger charge is 2.24. The van der Waals surface area contributed by atoms with E-state index in [4.69, 9.17) is 4.74 Å². The van der Waals surface area contributed by atoms with Crippen LogP contribution >= 0.6 is 0 Å². The zero-order valence-corrected chi connectivity index (χ0v) is 6.35. The van der Waals surface area contributed by atoms with Gasteiger partial charge in [-0.15, -0.1) is 0 Å². The minimum Gasteiger partial charge on any atom is -0.459 e. The summed E-state index contributed by atoms with van der Waals surface area (Å²) < 4.78 is 19.9. The lowest BCUT2D eigenvalue weighted by Crippen LogP contribution is -2.18. The first-order valence-electron chi connectivity index (χ1n) is 2.87. The van der Waals surface area contributed by atoms with Crippen molar-refractivity contribution in [2.24, 2.45) is 0 Å². The van der Waals surface area contributed by atoms with Crippen LogP contribution in [-0.4, -0.2) is 28.6 Å². The van der Waals surface area contributed by atoms with Gasteiger partial charge in [0.25, 0.3) is 0 Å². The van der Waals surface area contributed by atoms with Crippen LogP contribution in [0.1, 0.15) is 6.92 Å². The van der Waals surface area contributed by atoms with E-state index in [0.717, 1.165) is 0 Å². The van der Waals surface area contributed by atoms with E-state index < -0.39 is 11.1 Å². The Labute approximate surface area is 61.2 Å². The summed E-state index contributed by atoms with van der Waals surface area (Å²) in [6.45, 7) is 1.58. The van der Waals surface area contributed by atoms with Gasteiger partial charge in [0, 0.05) is 6.92 Å². The summed E-state index contributed by atoms with van der Waals surface area (Å²) in [6.07, 6.45) is -0.307. The van der Waals surface area contributed by atoms with Crippen molar-refractivity contribution in [3.63, 3.8) is 0 Å². The Balaban J connectivity index is 2.31. The van der Waals surface area contributed by atoms with Crippen molar-refractivity contribution in [1.82, 2.24) is 0 Å². The fraction of sp³-hybridized carbons (Fsp3) is 0.800. The highest BCUT2D eigenvalue weighted by Crippen LogP contribution is 2.07. The lowest BCUT2D eigenvalue weighted by atomic mass is 10.4. The van der Waals surface area contributed by atoms with Crippen molar-refractivity contribution in [2.75, 3.05) is 12.4 Å². The second kappa shape index (κ2) is 3.12. The van der Waals surface area contributed by atoms with Crippen LogP contribution < -0.4 is 0 Å². The average molecular weight is 164 g/mol. The zero-order valence-electron chi connectivity index (χ0n) is 5.53. The van der Waals surface area contributed by atoms with E-state index in [0.29, 0.717) is 5.75 Å². The molecule has 1 aliphatic heterocycles. The first-order valence-corrected chi connectivity index (χ1v) is 4.12. The van der Waals surface area contributed by atoms with Gasteiger partial charge in [-0.3, -0.25) is 8.98 Å². The Kier molecular flexibility index (Phi) is 2.39. The summed E-state index contributed by atoms with van der Waals surface area (Å²) in [5, 5.41) is 0. The Morgan fingerprint density at radius 3 is 2.90 bits per heavy atom. The largest absolute Gasteiger partial charge is 0.459 e. The van der Waals surface area contributed by atoms with E-state index >= 15 is 0 Å². The van der Waals surface area contributed by atoms with Crippen LogP contribution in [0.3, 0.4) is 0 Å². The summed E-state index contributed by atoms with van der Waals surface area (Å²) in [5.74, 6) is -0.0490. The molecule has 2 unspecified atom stereocenters. The number of carbonyl (C=O) groups excluding carboxylic acids is 1. The maximum absolute atomic E-state index is 10.5. The smallest absolute Gasteiger partial charge is 0.303 e. The molecule has 1 rings (SSSR count). The number of ether oxygens (including phenoxy) is 1. The van der Waals surface area contributed by atoms with Crippen molar-refractivity contribution in [1.29, 1.82) is 0 Å². The predicted molar refractivity (Wildman–Crippen MR) is 34.5 cm³/mol. The molecule has 0 spiro atoms. The van der Waals surface area contributed by atoms with Crippen molar-refractivity contribution < 1.29 is 17.9 Å². The molecule has 2 atom stereocenters. The van der Waals surface area contributed by atoms with Crippen LogP contribution in [0.15, 0.2) is 0 Å². The SMILES string of the molecule is CC(=O)OC1COS(=O)C1. The monoisotopic (exact) mass is 164 g/mol. The van der Waals surface area contributed by atoms with Crippen LogP contribution in [0.5, 0.6) is 0 Å². The molecule has 1 fully saturated rings. The molecule has 5 heteroatoms. The van der Waals surface area contributed by atoms with Crippen LogP contribution in [-0.2, 0) is 24.8 Å². The normalized spacial score (nSPS) is 32.1. The van der Waals surface area contributed by atoms with Crippen molar-refractivity contribution >= 4 is 17.0 Å². The molecule has 1 heterocycles. The maximum Gasteiger partial charge on any atom is 0.303 e. The second-order valence-electron chi connectivity index (χ2n) is 1.99. The van der Waals surface area contributed by atoms with Crippen LogP contribution in [0.4, 0.5) is 0 Å². The molecule has 1 aliphatic rings. The molecule has 0 aromatic heterocycles. The van der Waals surface area contributed by atoms with Gasteiger partial charge in [0.1, 0.15) is 12.7 Å². The molecule has 0 aliphatic carbocycles. The number of hydrogen-bond acceptors (Lipinski definition) is 4. The molecule has 0 N–H and O–H groups in total. The maximum atomic E-state index is 10.5. The molecular formula is C5H8O4S. The minimum absolute atomic E-state index is 0.256. The molecule has 0 bridgehead atoms. The van der Waals surface area contributed by atoms with Gasteiger partial charge >= 0.3 is 5.97 Å². The first-order chi connectivity index (χ1) is 4.68. The van der Waals surface area contributed by atoms with Gasteiger partial charge in [0.15, 0.2) is 11.1 Å². The van der Waals surface area contributed by atoms with Gasteiger partial charge in [-0.1, -0.05) is 0 Å². The quantitative estimate of drug-likeness (QED) is 0.495. The van der Waals surface area contributed by atoms with Gasteiger partial charge in [0.2, 0.25) is 0 Å². The topological polar surface area (TPSA) is 52.6 Å². The molecule has 10 heavy (non-hydrogen) atoms. The molecule has 0 radical (unpaired) electrons. The number of esters is 1. The van der Waals surface area contributed by atoms with Gasteiger partial charge < -0.3 is 4.74 Å². The molecule has 1 saturated heterocycles. The first kappa shape index (κ1) is 7.68. The molecular weight excluding hydrogens is 156 g/mol. The summed E-state index contributed by atoms with van der Waals surface area (Å²) in [7, 11) is 0. The summed E-state index contributed by atoms with van der Waals surface area (Å²) in [6, 6.07) is 0. The predicted octanol–water partition coefficient (Wildman–Crippen LogP) is -0.388. The third kappa shape index (κ3) is 2.07. The lowest BCUT2D eigenvalue weighted by Gasteiger charge is -2.04. The van der Waals surface area contributed by atoms with E-state index in [1.165, 1.54) is 6.92 Å². The summed E-state index contributed by atoms with van der Waals surface area (Å²) in [5.41, 5.74) is 0. The Hall–Kier alpha value is -0.420. The van der Waals surface area contributed by atoms with Crippen molar-refractivity contribution in [2.45, 2.75) is 13.0 Å².